The van der Waals surface area contributed by atoms with Gasteiger partial charge in [-0.05, 0) is 13.0 Å². The molecule has 0 aliphatic heterocycles. The van der Waals surface area contributed by atoms with Gasteiger partial charge in [0, 0.05) is 26.2 Å². The molecule has 3 N–H and O–H groups in total. The van der Waals surface area contributed by atoms with Crippen LogP contribution >= 0.6 is 0 Å². The molecular formula is C10H17N5O3. The molecule has 1 atom stereocenters. The Kier molecular flexibility index (Phi) is 5.78. The van der Waals surface area contributed by atoms with Crippen molar-refractivity contribution in [1.29, 1.82) is 0 Å². The number of hydrogen-bond acceptors (Lipinski definition) is 5. The third-order valence-corrected chi connectivity index (χ3v) is 2.24. The summed E-state index contributed by atoms with van der Waals surface area (Å²) in [6.07, 6.45) is 4.16. The molecular weight excluding hydrogens is 238 g/mol. The predicted octanol–water partition coefficient (Wildman–Crippen LogP) is -1.15. The van der Waals surface area contributed by atoms with Crippen molar-refractivity contribution in [1.82, 2.24) is 25.6 Å². The Morgan fingerprint density at radius 3 is 2.83 bits per heavy atom. The van der Waals surface area contributed by atoms with Gasteiger partial charge in [0.1, 0.15) is 6.04 Å². The number of aromatic nitrogens is 3. The molecule has 0 aliphatic carbocycles. The molecule has 1 amide bonds. The molecule has 100 valence electrons. The van der Waals surface area contributed by atoms with E-state index >= 15 is 0 Å². The van der Waals surface area contributed by atoms with Gasteiger partial charge in [0.15, 0.2) is 0 Å². The smallest absolute Gasteiger partial charge is 0.327 e. The third-order valence-electron chi connectivity index (χ3n) is 2.24. The Morgan fingerprint density at radius 1 is 1.50 bits per heavy atom. The van der Waals surface area contributed by atoms with Crippen LogP contribution in [0.25, 0.3) is 0 Å². The van der Waals surface area contributed by atoms with Crippen LogP contribution in [0.2, 0.25) is 0 Å². The lowest BCUT2D eigenvalue weighted by Crippen LogP contribution is -2.46. The van der Waals surface area contributed by atoms with Gasteiger partial charge in [-0.15, -0.1) is 5.10 Å². The van der Waals surface area contributed by atoms with Crippen molar-refractivity contribution in [2.75, 3.05) is 13.1 Å². The zero-order chi connectivity index (χ0) is 13.4. The van der Waals surface area contributed by atoms with Gasteiger partial charge in [-0.2, -0.15) is 0 Å². The first kappa shape index (κ1) is 14.1. The second kappa shape index (κ2) is 7.38. The van der Waals surface area contributed by atoms with Crippen LogP contribution in [0.5, 0.6) is 0 Å². The Balaban J connectivity index is 2.14. The molecule has 0 radical (unpaired) electrons. The molecule has 1 aromatic heterocycles. The minimum absolute atomic E-state index is 0.201. The minimum Gasteiger partial charge on any atom is -0.480 e. The summed E-state index contributed by atoms with van der Waals surface area (Å²) in [4.78, 5) is 21.6. The summed E-state index contributed by atoms with van der Waals surface area (Å²) in [5, 5.41) is 21.7. The summed E-state index contributed by atoms with van der Waals surface area (Å²) in [6, 6.07) is -0.895. The molecule has 0 bridgehead atoms. The van der Waals surface area contributed by atoms with E-state index in [0.29, 0.717) is 13.1 Å². The summed E-state index contributed by atoms with van der Waals surface area (Å²) in [6.45, 7) is 2.85. The maximum atomic E-state index is 10.8. The molecule has 1 aromatic rings. The van der Waals surface area contributed by atoms with Gasteiger partial charge in [-0.3, -0.25) is 9.48 Å². The summed E-state index contributed by atoms with van der Waals surface area (Å²) >= 11 is 0. The first-order valence-corrected chi connectivity index (χ1v) is 5.64. The van der Waals surface area contributed by atoms with Crippen molar-refractivity contribution in [2.45, 2.75) is 25.9 Å². The Bertz CT molecular complexity index is 379. The van der Waals surface area contributed by atoms with E-state index in [-0.39, 0.29) is 12.5 Å². The SMILES string of the molecule is CC(=O)NC(CNCCCn1ccnn1)C(=O)O. The number of hydrogen-bond donors (Lipinski definition) is 3. The van der Waals surface area contributed by atoms with Crippen molar-refractivity contribution in [3.63, 3.8) is 0 Å². The Hall–Kier alpha value is -1.96. The Labute approximate surface area is 104 Å². The lowest BCUT2D eigenvalue weighted by atomic mass is 10.3. The van der Waals surface area contributed by atoms with E-state index in [4.69, 9.17) is 5.11 Å². The number of nitrogens with one attached hydrogen (secondary N) is 2. The number of carboxylic acid groups (broad SMARTS) is 1. The number of carbonyl (C=O) groups is 2. The monoisotopic (exact) mass is 255 g/mol. The van der Waals surface area contributed by atoms with E-state index in [1.54, 1.807) is 17.1 Å². The third kappa shape index (κ3) is 5.39. The average Bonchev–Trinajstić information content (AvgIpc) is 2.79. The minimum atomic E-state index is -1.05. The highest BCUT2D eigenvalue weighted by atomic mass is 16.4. The summed E-state index contributed by atoms with van der Waals surface area (Å²) in [5.74, 6) is -1.40. The highest BCUT2D eigenvalue weighted by molar-refractivity contribution is 5.82. The number of nitrogens with zero attached hydrogens (tertiary/aromatic N) is 3. The quantitative estimate of drug-likeness (QED) is 0.506. The summed E-state index contributed by atoms with van der Waals surface area (Å²) < 4.78 is 1.70. The first-order valence-electron chi connectivity index (χ1n) is 5.64. The lowest BCUT2D eigenvalue weighted by molar-refractivity contribution is -0.141. The lowest BCUT2D eigenvalue weighted by Gasteiger charge is -2.13. The fourth-order valence-corrected chi connectivity index (χ4v) is 1.41. The van der Waals surface area contributed by atoms with Gasteiger partial charge in [-0.1, -0.05) is 5.21 Å². The van der Waals surface area contributed by atoms with E-state index in [9.17, 15) is 9.59 Å². The zero-order valence-corrected chi connectivity index (χ0v) is 10.2. The van der Waals surface area contributed by atoms with Crippen LogP contribution in [0.4, 0.5) is 0 Å². The number of rotatable bonds is 8. The van der Waals surface area contributed by atoms with Gasteiger partial charge < -0.3 is 15.7 Å². The van der Waals surface area contributed by atoms with Crippen LogP contribution in [0.1, 0.15) is 13.3 Å². The molecule has 0 spiro atoms. The number of carboxylic acids is 1. The molecule has 18 heavy (non-hydrogen) atoms. The molecule has 0 aliphatic rings. The van der Waals surface area contributed by atoms with Crippen molar-refractivity contribution >= 4 is 11.9 Å². The second-order valence-electron chi connectivity index (χ2n) is 3.82. The van der Waals surface area contributed by atoms with Gasteiger partial charge >= 0.3 is 5.97 Å². The van der Waals surface area contributed by atoms with E-state index in [1.165, 1.54) is 6.92 Å². The molecule has 1 rings (SSSR count). The van der Waals surface area contributed by atoms with E-state index in [1.807, 2.05) is 0 Å². The molecule has 0 saturated carbocycles. The fraction of sp³-hybridized carbons (Fsp3) is 0.600. The molecule has 8 nitrogen and oxygen atoms in total. The Morgan fingerprint density at radius 2 is 2.28 bits per heavy atom. The molecule has 1 heterocycles. The number of aliphatic carboxylic acids is 1. The van der Waals surface area contributed by atoms with Crippen LogP contribution in [0.15, 0.2) is 12.4 Å². The van der Waals surface area contributed by atoms with Crippen LogP contribution < -0.4 is 10.6 Å². The van der Waals surface area contributed by atoms with Crippen LogP contribution in [-0.2, 0) is 16.1 Å². The van der Waals surface area contributed by atoms with Crippen molar-refractivity contribution in [3.05, 3.63) is 12.4 Å². The number of aryl methyl sites for hydroxylation is 1. The standard InChI is InChI=1S/C10H17N5O3/c1-8(16)13-9(10(17)18)7-11-3-2-5-15-6-4-12-14-15/h4,6,9,11H,2-3,5,7H2,1H3,(H,13,16)(H,17,18). The highest BCUT2D eigenvalue weighted by Crippen LogP contribution is 1.87. The van der Waals surface area contributed by atoms with Crippen LogP contribution in [-0.4, -0.2) is 51.1 Å². The maximum absolute atomic E-state index is 10.8. The molecule has 0 aromatic carbocycles. The van der Waals surface area contributed by atoms with E-state index < -0.39 is 12.0 Å². The number of amides is 1. The second-order valence-corrected chi connectivity index (χ2v) is 3.82. The number of carbonyl (C=O) groups excluding carboxylic acids is 1. The predicted molar refractivity (Wildman–Crippen MR) is 62.7 cm³/mol. The average molecular weight is 255 g/mol. The van der Waals surface area contributed by atoms with Crippen LogP contribution in [0, 0.1) is 0 Å². The first-order chi connectivity index (χ1) is 8.59. The van der Waals surface area contributed by atoms with Crippen molar-refractivity contribution in [3.8, 4) is 0 Å². The van der Waals surface area contributed by atoms with Crippen molar-refractivity contribution < 1.29 is 14.7 Å². The van der Waals surface area contributed by atoms with Crippen LogP contribution in [0.3, 0.4) is 0 Å². The van der Waals surface area contributed by atoms with Crippen molar-refractivity contribution in [2.24, 2.45) is 0 Å². The zero-order valence-electron chi connectivity index (χ0n) is 10.2. The molecule has 0 fully saturated rings. The molecule has 0 saturated heterocycles. The van der Waals surface area contributed by atoms with Gasteiger partial charge in [-0.25, -0.2) is 4.79 Å². The van der Waals surface area contributed by atoms with Gasteiger partial charge in [0.2, 0.25) is 5.91 Å². The van der Waals surface area contributed by atoms with E-state index in [0.717, 1.165) is 6.42 Å². The fourth-order valence-electron chi connectivity index (χ4n) is 1.41. The topological polar surface area (TPSA) is 109 Å². The summed E-state index contributed by atoms with van der Waals surface area (Å²) in [7, 11) is 0. The molecule has 1 unspecified atom stereocenters. The maximum Gasteiger partial charge on any atom is 0.327 e. The summed E-state index contributed by atoms with van der Waals surface area (Å²) in [5.41, 5.74) is 0. The van der Waals surface area contributed by atoms with E-state index in [2.05, 4.69) is 20.9 Å². The molecule has 8 heteroatoms. The normalized spacial score (nSPS) is 12.1. The highest BCUT2D eigenvalue weighted by Gasteiger charge is 2.17. The van der Waals surface area contributed by atoms with Gasteiger partial charge in [0.05, 0.1) is 6.20 Å². The van der Waals surface area contributed by atoms with Gasteiger partial charge in [0.25, 0.3) is 0 Å². The largest absolute Gasteiger partial charge is 0.480 e.